The molecule has 0 spiro atoms. The predicted molar refractivity (Wildman–Crippen MR) is 65.3 cm³/mol. The first kappa shape index (κ1) is 13.2. The van der Waals surface area contributed by atoms with Crippen LogP contribution in [0.1, 0.15) is 18.7 Å². The molecule has 0 aromatic carbocycles. The number of hydrogen-bond acceptors (Lipinski definition) is 4. The van der Waals surface area contributed by atoms with Gasteiger partial charge < -0.3 is 15.8 Å². The number of methoxy groups -OCH3 is 1. The second-order valence-corrected chi connectivity index (χ2v) is 5.10. The largest absolute Gasteiger partial charge is 0.383 e. The minimum absolute atomic E-state index is 0.194. The molecule has 1 amide bonds. The Kier molecular flexibility index (Phi) is 4.46. The maximum atomic E-state index is 11.7. The van der Waals surface area contributed by atoms with Gasteiger partial charge in [-0.05, 0) is 25.3 Å². The van der Waals surface area contributed by atoms with Crippen molar-refractivity contribution in [3.8, 4) is 0 Å². The highest BCUT2D eigenvalue weighted by molar-refractivity contribution is 7.10. The lowest BCUT2D eigenvalue weighted by atomic mass is 10.0. The molecule has 1 aromatic heterocycles. The molecule has 1 atom stereocenters. The van der Waals surface area contributed by atoms with Crippen molar-refractivity contribution < 1.29 is 9.53 Å². The maximum Gasteiger partial charge on any atom is 0.240 e. The zero-order chi connectivity index (χ0) is 12.2. The molecule has 0 bridgehead atoms. The van der Waals surface area contributed by atoms with Gasteiger partial charge in [-0.3, -0.25) is 4.79 Å². The Morgan fingerprint density at radius 3 is 2.88 bits per heavy atom. The summed E-state index contributed by atoms with van der Waals surface area (Å²) in [6.45, 7) is 4.14. The van der Waals surface area contributed by atoms with E-state index >= 15 is 0 Å². The van der Waals surface area contributed by atoms with E-state index in [0.717, 1.165) is 4.88 Å². The van der Waals surface area contributed by atoms with Crippen molar-refractivity contribution in [1.82, 2.24) is 5.32 Å². The smallest absolute Gasteiger partial charge is 0.240 e. The average molecular weight is 242 g/mol. The number of nitrogens with two attached hydrogens (primary N) is 1. The predicted octanol–water partition coefficient (Wildman–Crippen LogP) is 1.07. The molecule has 3 N–H and O–H groups in total. The van der Waals surface area contributed by atoms with E-state index in [0.29, 0.717) is 0 Å². The van der Waals surface area contributed by atoms with Crippen LogP contribution in [-0.4, -0.2) is 25.7 Å². The number of ether oxygens (including phenoxy) is 1. The highest BCUT2D eigenvalue weighted by Gasteiger charge is 2.26. The van der Waals surface area contributed by atoms with Crippen LogP contribution < -0.4 is 11.1 Å². The van der Waals surface area contributed by atoms with Crippen LogP contribution in [0.3, 0.4) is 0 Å². The van der Waals surface area contributed by atoms with E-state index in [9.17, 15) is 4.79 Å². The molecular weight excluding hydrogens is 224 g/mol. The Labute approximate surface area is 99.8 Å². The number of carbonyl (C=O) groups is 1. The van der Waals surface area contributed by atoms with Gasteiger partial charge in [-0.15, -0.1) is 11.3 Å². The Balaban J connectivity index is 2.63. The summed E-state index contributed by atoms with van der Waals surface area (Å²) in [4.78, 5) is 12.8. The van der Waals surface area contributed by atoms with Crippen LogP contribution >= 0.6 is 11.3 Å². The second-order valence-electron chi connectivity index (χ2n) is 4.15. The molecule has 0 aliphatic rings. The third-order valence-electron chi connectivity index (χ3n) is 2.26. The van der Waals surface area contributed by atoms with Crippen LogP contribution in [0.2, 0.25) is 0 Å². The van der Waals surface area contributed by atoms with Gasteiger partial charge in [0.15, 0.2) is 0 Å². The molecule has 0 radical (unpaired) electrons. The first-order chi connectivity index (χ1) is 7.47. The van der Waals surface area contributed by atoms with Crippen LogP contribution in [0.25, 0.3) is 0 Å². The van der Waals surface area contributed by atoms with Gasteiger partial charge in [0, 0.05) is 12.0 Å². The summed E-state index contributed by atoms with van der Waals surface area (Å²) >= 11 is 1.61. The fourth-order valence-corrected chi connectivity index (χ4v) is 2.16. The minimum Gasteiger partial charge on any atom is -0.383 e. The second kappa shape index (κ2) is 5.43. The quantitative estimate of drug-likeness (QED) is 0.812. The Morgan fingerprint density at radius 2 is 2.38 bits per heavy atom. The van der Waals surface area contributed by atoms with Crippen molar-refractivity contribution in [3.63, 3.8) is 0 Å². The van der Waals surface area contributed by atoms with Crippen LogP contribution in [-0.2, 0) is 15.1 Å². The average Bonchev–Trinajstić information content (AvgIpc) is 2.70. The Morgan fingerprint density at radius 1 is 1.69 bits per heavy atom. The monoisotopic (exact) mass is 242 g/mol. The fraction of sp³-hybridized carbons (Fsp3) is 0.545. The summed E-state index contributed by atoms with van der Waals surface area (Å²) < 4.78 is 4.85. The zero-order valence-corrected chi connectivity index (χ0v) is 10.6. The summed E-state index contributed by atoms with van der Waals surface area (Å²) in [5.74, 6) is -0.194. The van der Waals surface area contributed by atoms with E-state index in [1.807, 2.05) is 31.4 Å². The molecule has 1 heterocycles. The molecule has 1 aromatic rings. The van der Waals surface area contributed by atoms with Crippen LogP contribution in [0.5, 0.6) is 0 Å². The summed E-state index contributed by atoms with van der Waals surface area (Å²) in [5.41, 5.74) is 5.26. The van der Waals surface area contributed by atoms with Crippen LogP contribution in [0.15, 0.2) is 17.5 Å². The minimum atomic E-state index is -0.621. The summed E-state index contributed by atoms with van der Waals surface area (Å²) in [5, 5.41) is 4.89. The normalized spacial score (nSPS) is 13.5. The van der Waals surface area contributed by atoms with Crippen molar-refractivity contribution in [2.75, 3.05) is 13.7 Å². The molecule has 1 unspecified atom stereocenters. The highest BCUT2D eigenvalue weighted by Crippen LogP contribution is 2.24. The van der Waals surface area contributed by atoms with E-state index < -0.39 is 11.6 Å². The van der Waals surface area contributed by atoms with E-state index in [1.165, 1.54) is 7.11 Å². The van der Waals surface area contributed by atoms with Gasteiger partial charge in [0.2, 0.25) is 5.91 Å². The number of amides is 1. The SMILES string of the molecule is COCC(N)C(=O)NC(C)(C)c1cccs1. The molecule has 0 saturated heterocycles. The van der Waals surface area contributed by atoms with E-state index in [1.54, 1.807) is 11.3 Å². The van der Waals surface area contributed by atoms with Gasteiger partial charge in [-0.2, -0.15) is 0 Å². The third kappa shape index (κ3) is 3.30. The molecular formula is C11H18N2O2S. The molecule has 16 heavy (non-hydrogen) atoms. The first-order valence-corrected chi connectivity index (χ1v) is 5.96. The number of carbonyl (C=O) groups excluding carboxylic acids is 1. The third-order valence-corrected chi connectivity index (χ3v) is 3.45. The van der Waals surface area contributed by atoms with E-state index in [4.69, 9.17) is 10.5 Å². The summed E-state index contributed by atoms with van der Waals surface area (Å²) in [7, 11) is 1.53. The fourth-order valence-electron chi connectivity index (χ4n) is 1.35. The van der Waals surface area contributed by atoms with Crippen molar-refractivity contribution in [3.05, 3.63) is 22.4 Å². The Bertz CT molecular complexity index is 336. The topological polar surface area (TPSA) is 64.3 Å². The molecule has 0 saturated carbocycles. The van der Waals surface area contributed by atoms with Gasteiger partial charge in [0.05, 0.1) is 12.1 Å². The standard InChI is InChI=1S/C11H18N2O2S/c1-11(2,9-5-4-6-16-9)13-10(14)8(12)7-15-3/h4-6,8H,7,12H2,1-3H3,(H,13,14). The van der Waals surface area contributed by atoms with Crippen molar-refractivity contribution in [2.24, 2.45) is 5.73 Å². The molecule has 4 nitrogen and oxygen atoms in total. The summed E-state index contributed by atoms with van der Waals surface area (Å²) in [6.07, 6.45) is 0. The zero-order valence-electron chi connectivity index (χ0n) is 9.82. The molecule has 90 valence electrons. The number of hydrogen-bond donors (Lipinski definition) is 2. The lowest BCUT2D eigenvalue weighted by molar-refractivity contribution is -0.125. The Hall–Kier alpha value is -0.910. The number of thiophene rings is 1. The highest BCUT2D eigenvalue weighted by atomic mass is 32.1. The molecule has 5 heteroatoms. The van der Waals surface area contributed by atoms with Gasteiger partial charge in [-0.1, -0.05) is 6.07 Å². The molecule has 0 fully saturated rings. The number of nitrogens with one attached hydrogen (secondary N) is 1. The van der Waals surface area contributed by atoms with Crippen molar-refractivity contribution in [1.29, 1.82) is 0 Å². The van der Waals surface area contributed by atoms with Crippen molar-refractivity contribution >= 4 is 17.2 Å². The van der Waals surface area contributed by atoms with Crippen molar-refractivity contribution in [2.45, 2.75) is 25.4 Å². The van der Waals surface area contributed by atoms with Gasteiger partial charge in [0.1, 0.15) is 6.04 Å². The lowest BCUT2D eigenvalue weighted by Gasteiger charge is -2.26. The molecule has 0 aliphatic carbocycles. The van der Waals surface area contributed by atoms with E-state index in [2.05, 4.69) is 5.32 Å². The molecule has 1 rings (SSSR count). The molecule has 0 aliphatic heterocycles. The van der Waals surface area contributed by atoms with Crippen LogP contribution in [0.4, 0.5) is 0 Å². The van der Waals surface area contributed by atoms with Crippen LogP contribution in [0, 0.1) is 0 Å². The summed E-state index contributed by atoms with van der Waals surface area (Å²) in [6, 6.07) is 3.33. The van der Waals surface area contributed by atoms with E-state index in [-0.39, 0.29) is 12.5 Å². The van der Waals surface area contributed by atoms with Gasteiger partial charge in [-0.25, -0.2) is 0 Å². The van der Waals surface area contributed by atoms with Gasteiger partial charge >= 0.3 is 0 Å². The lowest BCUT2D eigenvalue weighted by Crippen LogP contribution is -2.50. The van der Waals surface area contributed by atoms with Gasteiger partial charge in [0.25, 0.3) is 0 Å². The first-order valence-electron chi connectivity index (χ1n) is 5.08. The number of rotatable bonds is 5. The maximum absolute atomic E-state index is 11.7.